The molecular weight excluding hydrogens is 266 g/mol. The lowest BCUT2D eigenvalue weighted by Gasteiger charge is -2.32. The molecule has 1 aliphatic rings. The number of nitrogens with zero attached hydrogens (tertiary/aromatic N) is 1. The molecule has 0 radical (unpaired) electrons. The second kappa shape index (κ2) is 7.78. The maximum Gasteiger partial charge on any atom is 0.251 e. The third-order valence-corrected chi connectivity index (χ3v) is 3.86. The van der Waals surface area contributed by atoms with E-state index in [0.29, 0.717) is 12.0 Å². The largest absolute Gasteiger partial charge is 0.370 e. The topological polar surface area (TPSA) is 75.4 Å². The van der Waals surface area contributed by atoms with Crippen LogP contribution in [0.5, 0.6) is 0 Å². The van der Waals surface area contributed by atoms with Crippen LogP contribution in [0, 0.1) is 0 Å². The zero-order valence-electron chi connectivity index (χ0n) is 12.3. The van der Waals surface area contributed by atoms with Crippen LogP contribution in [0.25, 0.3) is 0 Å². The van der Waals surface area contributed by atoms with Gasteiger partial charge in [-0.05, 0) is 37.9 Å². The van der Waals surface area contributed by atoms with Crippen molar-refractivity contribution in [2.45, 2.75) is 31.7 Å². The highest BCUT2D eigenvalue weighted by atomic mass is 16.2. The lowest BCUT2D eigenvalue weighted by Crippen LogP contribution is -2.44. The Bertz CT molecular complexity index is 468. The molecule has 3 N–H and O–H groups in total. The maximum absolute atomic E-state index is 12.1. The first-order valence-electron chi connectivity index (χ1n) is 7.52. The molecule has 0 aliphatic carbocycles. The minimum atomic E-state index is -0.236. The molecule has 0 aromatic heterocycles. The van der Waals surface area contributed by atoms with E-state index in [1.54, 1.807) is 0 Å². The van der Waals surface area contributed by atoms with Crippen LogP contribution >= 0.6 is 0 Å². The molecule has 2 amide bonds. The normalized spacial score (nSPS) is 16.6. The Hall–Kier alpha value is -1.88. The summed E-state index contributed by atoms with van der Waals surface area (Å²) in [6.07, 6.45) is 3.17. The highest BCUT2D eigenvalue weighted by Crippen LogP contribution is 2.12. The average molecular weight is 289 g/mol. The van der Waals surface area contributed by atoms with Gasteiger partial charge in [-0.25, -0.2) is 0 Å². The SMILES string of the molecule is NC(=O)CCCN1CCC(NC(=O)c2ccccc2)CC1. The Labute approximate surface area is 125 Å². The summed E-state index contributed by atoms with van der Waals surface area (Å²) in [5.41, 5.74) is 5.84. The second-order valence-corrected chi connectivity index (χ2v) is 5.53. The molecular formula is C16H23N3O2. The van der Waals surface area contributed by atoms with Gasteiger partial charge in [-0.3, -0.25) is 9.59 Å². The van der Waals surface area contributed by atoms with Crippen LogP contribution in [0.3, 0.4) is 0 Å². The fraction of sp³-hybridized carbons (Fsp3) is 0.500. The number of nitrogens with one attached hydrogen (secondary N) is 1. The fourth-order valence-electron chi connectivity index (χ4n) is 2.64. The highest BCUT2D eigenvalue weighted by molar-refractivity contribution is 5.94. The van der Waals surface area contributed by atoms with Gasteiger partial charge in [-0.2, -0.15) is 0 Å². The molecule has 114 valence electrons. The van der Waals surface area contributed by atoms with Crippen molar-refractivity contribution in [3.63, 3.8) is 0 Å². The monoisotopic (exact) mass is 289 g/mol. The fourth-order valence-corrected chi connectivity index (χ4v) is 2.64. The number of likely N-dealkylation sites (tertiary alicyclic amines) is 1. The number of hydrogen-bond donors (Lipinski definition) is 2. The number of piperidine rings is 1. The van der Waals surface area contributed by atoms with Crippen molar-refractivity contribution >= 4 is 11.8 Å². The zero-order chi connectivity index (χ0) is 15.1. The van der Waals surface area contributed by atoms with Crippen LogP contribution in [0.1, 0.15) is 36.0 Å². The molecule has 1 fully saturated rings. The van der Waals surface area contributed by atoms with E-state index in [1.165, 1.54) is 0 Å². The minimum Gasteiger partial charge on any atom is -0.370 e. The van der Waals surface area contributed by atoms with Gasteiger partial charge in [0, 0.05) is 31.1 Å². The Kier molecular flexibility index (Phi) is 5.75. The molecule has 5 heteroatoms. The van der Waals surface area contributed by atoms with Gasteiger partial charge < -0.3 is 16.0 Å². The van der Waals surface area contributed by atoms with Crippen LogP contribution in [-0.4, -0.2) is 42.4 Å². The average Bonchev–Trinajstić information content (AvgIpc) is 2.49. The Morgan fingerprint density at radius 3 is 2.48 bits per heavy atom. The van der Waals surface area contributed by atoms with Crippen molar-refractivity contribution in [3.05, 3.63) is 35.9 Å². The molecule has 2 rings (SSSR count). The number of carbonyl (C=O) groups is 2. The number of rotatable bonds is 6. The summed E-state index contributed by atoms with van der Waals surface area (Å²) >= 11 is 0. The van der Waals surface area contributed by atoms with Crippen molar-refractivity contribution in [1.29, 1.82) is 0 Å². The molecule has 1 saturated heterocycles. The predicted molar refractivity (Wildman–Crippen MR) is 81.8 cm³/mol. The smallest absolute Gasteiger partial charge is 0.251 e. The van der Waals surface area contributed by atoms with Crippen LogP contribution in [0.2, 0.25) is 0 Å². The van der Waals surface area contributed by atoms with E-state index in [9.17, 15) is 9.59 Å². The number of hydrogen-bond acceptors (Lipinski definition) is 3. The summed E-state index contributed by atoms with van der Waals surface area (Å²) in [7, 11) is 0. The van der Waals surface area contributed by atoms with Gasteiger partial charge >= 0.3 is 0 Å². The van der Waals surface area contributed by atoms with Gasteiger partial charge in [-0.15, -0.1) is 0 Å². The second-order valence-electron chi connectivity index (χ2n) is 5.53. The first-order valence-corrected chi connectivity index (χ1v) is 7.52. The van der Waals surface area contributed by atoms with Crippen molar-refractivity contribution < 1.29 is 9.59 Å². The summed E-state index contributed by atoms with van der Waals surface area (Å²) < 4.78 is 0. The van der Waals surface area contributed by atoms with E-state index in [0.717, 1.165) is 38.9 Å². The van der Waals surface area contributed by atoms with Crippen molar-refractivity contribution in [2.24, 2.45) is 5.73 Å². The van der Waals surface area contributed by atoms with Crippen molar-refractivity contribution in [1.82, 2.24) is 10.2 Å². The van der Waals surface area contributed by atoms with E-state index in [-0.39, 0.29) is 17.9 Å². The summed E-state index contributed by atoms with van der Waals surface area (Å²) in [5.74, 6) is -0.234. The molecule has 1 aliphatic heterocycles. The Balaban J connectivity index is 1.69. The lowest BCUT2D eigenvalue weighted by atomic mass is 10.0. The van der Waals surface area contributed by atoms with Crippen LogP contribution in [0.15, 0.2) is 30.3 Å². The van der Waals surface area contributed by atoms with Gasteiger partial charge in [0.15, 0.2) is 0 Å². The van der Waals surface area contributed by atoms with Crippen LogP contribution < -0.4 is 11.1 Å². The third-order valence-electron chi connectivity index (χ3n) is 3.86. The summed E-state index contributed by atoms with van der Waals surface area (Å²) in [6, 6.07) is 9.54. The number of nitrogens with two attached hydrogens (primary N) is 1. The van der Waals surface area contributed by atoms with E-state index in [2.05, 4.69) is 10.2 Å². The zero-order valence-corrected chi connectivity index (χ0v) is 12.3. The highest BCUT2D eigenvalue weighted by Gasteiger charge is 2.20. The summed E-state index contributed by atoms with van der Waals surface area (Å²) in [6.45, 7) is 2.82. The van der Waals surface area contributed by atoms with Crippen molar-refractivity contribution in [2.75, 3.05) is 19.6 Å². The summed E-state index contributed by atoms with van der Waals surface area (Å²) in [4.78, 5) is 25.1. The number of primary amides is 1. The molecule has 5 nitrogen and oxygen atoms in total. The third kappa shape index (κ3) is 5.19. The molecule has 1 aromatic rings. The van der Waals surface area contributed by atoms with Gasteiger partial charge in [0.1, 0.15) is 0 Å². The van der Waals surface area contributed by atoms with Crippen molar-refractivity contribution in [3.8, 4) is 0 Å². The lowest BCUT2D eigenvalue weighted by molar-refractivity contribution is -0.118. The molecule has 1 aromatic carbocycles. The quantitative estimate of drug-likeness (QED) is 0.825. The van der Waals surface area contributed by atoms with E-state index in [4.69, 9.17) is 5.73 Å². The standard InChI is InChI=1S/C16H23N3O2/c17-15(20)7-4-10-19-11-8-14(9-12-19)18-16(21)13-5-2-1-3-6-13/h1-3,5-6,14H,4,7-12H2,(H2,17,20)(H,18,21). The first-order chi connectivity index (χ1) is 10.1. The molecule has 21 heavy (non-hydrogen) atoms. The minimum absolute atomic E-state index is 0.00257. The van der Waals surface area contributed by atoms with Gasteiger partial charge in [0.05, 0.1) is 0 Å². The van der Waals surface area contributed by atoms with E-state index in [1.807, 2.05) is 30.3 Å². The Morgan fingerprint density at radius 1 is 1.19 bits per heavy atom. The van der Waals surface area contributed by atoms with E-state index < -0.39 is 0 Å². The van der Waals surface area contributed by atoms with Crippen LogP contribution in [-0.2, 0) is 4.79 Å². The molecule has 1 heterocycles. The summed E-state index contributed by atoms with van der Waals surface area (Å²) in [5, 5.41) is 3.09. The number of carbonyl (C=O) groups excluding carboxylic acids is 2. The molecule has 0 bridgehead atoms. The number of amides is 2. The van der Waals surface area contributed by atoms with Gasteiger partial charge in [-0.1, -0.05) is 18.2 Å². The van der Waals surface area contributed by atoms with Gasteiger partial charge in [0.25, 0.3) is 5.91 Å². The molecule has 0 spiro atoms. The molecule has 0 unspecified atom stereocenters. The molecule has 0 atom stereocenters. The predicted octanol–water partition coefficient (Wildman–Crippen LogP) is 1.15. The Morgan fingerprint density at radius 2 is 1.86 bits per heavy atom. The first kappa shape index (κ1) is 15.5. The number of benzene rings is 1. The maximum atomic E-state index is 12.1. The van der Waals surface area contributed by atoms with Crippen LogP contribution in [0.4, 0.5) is 0 Å². The van der Waals surface area contributed by atoms with Gasteiger partial charge in [0.2, 0.25) is 5.91 Å². The van der Waals surface area contributed by atoms with E-state index >= 15 is 0 Å². The molecule has 0 saturated carbocycles.